The number of nitrogens with zero attached hydrogens (tertiary/aromatic N) is 4. The Labute approximate surface area is 121 Å². The predicted molar refractivity (Wildman–Crippen MR) is 79.5 cm³/mol. The number of nitrogens with two attached hydrogens (primary N) is 1. The summed E-state index contributed by atoms with van der Waals surface area (Å²) in [6.45, 7) is 3.93. The Morgan fingerprint density at radius 1 is 1.37 bits per heavy atom. The van der Waals surface area contributed by atoms with E-state index in [0.717, 1.165) is 31.9 Å². The van der Waals surface area contributed by atoms with Crippen molar-refractivity contribution < 1.29 is 0 Å². The number of hydrogen-bond donors (Lipinski definition) is 2. The third-order valence-corrected chi connectivity index (χ3v) is 4.79. The lowest BCUT2D eigenvalue weighted by atomic mass is 10.3. The smallest absolute Gasteiger partial charge is 0.240 e. The molecule has 3 aromatic rings. The summed E-state index contributed by atoms with van der Waals surface area (Å²) in [6, 6.07) is 1.99. The molecule has 0 aliphatic heterocycles. The van der Waals surface area contributed by atoms with E-state index < -0.39 is 0 Å². The van der Waals surface area contributed by atoms with Crippen molar-refractivity contribution in [2.24, 2.45) is 5.84 Å². The van der Waals surface area contributed by atoms with Gasteiger partial charge in [0.1, 0.15) is 4.83 Å². The van der Waals surface area contributed by atoms with Gasteiger partial charge in [-0.1, -0.05) is 0 Å². The lowest BCUT2D eigenvalue weighted by molar-refractivity contribution is 0.811. The standard InChI is InChI=1S/C11H11BrN6S/c1-5-8(12)6(2)18(17-5)9-7-3-4-19-10(7)15-11(14-9)16-13/h3-4H,13H2,1-2H3,(H,14,15,16). The van der Waals surface area contributed by atoms with E-state index >= 15 is 0 Å². The van der Waals surface area contributed by atoms with Crippen LogP contribution in [0.25, 0.3) is 16.0 Å². The molecule has 0 aliphatic carbocycles. The van der Waals surface area contributed by atoms with Crippen LogP contribution in [0.5, 0.6) is 0 Å². The average Bonchev–Trinajstić information content (AvgIpc) is 2.98. The first-order valence-corrected chi connectivity index (χ1v) is 7.23. The molecule has 98 valence electrons. The van der Waals surface area contributed by atoms with Crippen LogP contribution in [0.3, 0.4) is 0 Å². The second-order valence-corrected chi connectivity index (χ2v) is 5.74. The van der Waals surface area contributed by atoms with E-state index in [4.69, 9.17) is 5.84 Å². The average molecular weight is 339 g/mol. The molecular weight excluding hydrogens is 328 g/mol. The van der Waals surface area contributed by atoms with Crippen molar-refractivity contribution in [2.75, 3.05) is 5.43 Å². The molecule has 0 radical (unpaired) electrons. The number of halogens is 1. The SMILES string of the molecule is Cc1nn(-c2nc(NN)nc3sccc23)c(C)c1Br. The van der Waals surface area contributed by atoms with E-state index in [1.54, 1.807) is 16.0 Å². The van der Waals surface area contributed by atoms with Gasteiger partial charge in [0, 0.05) is 0 Å². The van der Waals surface area contributed by atoms with Crippen LogP contribution in [0, 0.1) is 13.8 Å². The highest BCUT2D eigenvalue weighted by Crippen LogP contribution is 2.28. The van der Waals surface area contributed by atoms with Crippen LogP contribution in [0.15, 0.2) is 15.9 Å². The molecule has 0 bridgehead atoms. The van der Waals surface area contributed by atoms with Crippen molar-refractivity contribution in [3.8, 4) is 5.82 Å². The largest absolute Gasteiger partial charge is 0.292 e. The number of fused-ring (bicyclic) bond motifs is 1. The molecule has 0 aromatic carbocycles. The van der Waals surface area contributed by atoms with Gasteiger partial charge >= 0.3 is 0 Å². The van der Waals surface area contributed by atoms with E-state index in [1.807, 2.05) is 25.3 Å². The molecule has 0 aliphatic rings. The molecule has 0 amide bonds. The number of hydrogen-bond acceptors (Lipinski definition) is 6. The predicted octanol–water partition coefficient (Wildman–Crippen LogP) is 2.54. The number of thiophene rings is 1. The zero-order valence-corrected chi connectivity index (χ0v) is 12.7. The lowest BCUT2D eigenvalue weighted by Gasteiger charge is -2.07. The third kappa shape index (κ3) is 1.92. The Bertz CT molecular complexity index is 762. The van der Waals surface area contributed by atoms with Crippen LogP contribution in [-0.4, -0.2) is 19.7 Å². The van der Waals surface area contributed by atoms with Crippen LogP contribution in [0.2, 0.25) is 0 Å². The van der Waals surface area contributed by atoms with Gasteiger partial charge in [-0.3, -0.25) is 5.43 Å². The van der Waals surface area contributed by atoms with Crippen molar-refractivity contribution in [3.05, 3.63) is 27.3 Å². The Morgan fingerprint density at radius 2 is 2.16 bits per heavy atom. The lowest BCUT2D eigenvalue weighted by Crippen LogP contribution is -2.13. The maximum absolute atomic E-state index is 5.42. The van der Waals surface area contributed by atoms with E-state index in [-0.39, 0.29) is 0 Å². The van der Waals surface area contributed by atoms with Gasteiger partial charge in [0.15, 0.2) is 5.82 Å². The van der Waals surface area contributed by atoms with Crippen molar-refractivity contribution in [3.63, 3.8) is 0 Å². The fourth-order valence-electron chi connectivity index (χ4n) is 1.90. The molecule has 0 unspecified atom stereocenters. The van der Waals surface area contributed by atoms with Gasteiger partial charge in [-0.25, -0.2) is 15.5 Å². The van der Waals surface area contributed by atoms with E-state index in [1.165, 1.54) is 0 Å². The number of nitrogens with one attached hydrogen (secondary N) is 1. The molecule has 19 heavy (non-hydrogen) atoms. The maximum atomic E-state index is 5.42. The molecule has 0 atom stereocenters. The summed E-state index contributed by atoms with van der Waals surface area (Å²) >= 11 is 5.07. The van der Waals surface area contributed by atoms with Crippen LogP contribution < -0.4 is 11.3 Å². The van der Waals surface area contributed by atoms with Crippen LogP contribution >= 0.6 is 27.3 Å². The molecular formula is C11H11BrN6S. The summed E-state index contributed by atoms with van der Waals surface area (Å²) in [4.78, 5) is 9.61. The van der Waals surface area contributed by atoms with Crippen molar-refractivity contribution in [1.29, 1.82) is 0 Å². The first-order valence-electron chi connectivity index (χ1n) is 5.55. The number of nitrogen functional groups attached to an aromatic ring is 1. The van der Waals surface area contributed by atoms with Gasteiger partial charge in [0.05, 0.1) is 21.2 Å². The zero-order chi connectivity index (χ0) is 13.6. The van der Waals surface area contributed by atoms with Crippen LogP contribution in [-0.2, 0) is 0 Å². The number of aromatic nitrogens is 4. The second kappa shape index (κ2) is 4.55. The fraction of sp³-hybridized carbons (Fsp3) is 0.182. The monoisotopic (exact) mass is 338 g/mol. The Kier molecular flexibility index (Phi) is 3.00. The van der Waals surface area contributed by atoms with Gasteiger partial charge in [0.2, 0.25) is 5.95 Å². The van der Waals surface area contributed by atoms with Crippen LogP contribution in [0.4, 0.5) is 5.95 Å². The summed E-state index contributed by atoms with van der Waals surface area (Å²) < 4.78 is 2.79. The van der Waals surface area contributed by atoms with Gasteiger partial charge in [0.25, 0.3) is 0 Å². The Hall–Kier alpha value is -1.51. The van der Waals surface area contributed by atoms with Crippen molar-refractivity contribution >= 4 is 43.4 Å². The van der Waals surface area contributed by atoms with Gasteiger partial charge in [-0.2, -0.15) is 10.1 Å². The molecule has 0 saturated heterocycles. The molecule has 3 heterocycles. The normalized spacial score (nSPS) is 11.2. The van der Waals surface area contributed by atoms with Gasteiger partial charge in [-0.15, -0.1) is 11.3 Å². The quantitative estimate of drug-likeness (QED) is 0.554. The van der Waals surface area contributed by atoms with Crippen LogP contribution in [0.1, 0.15) is 11.4 Å². The van der Waals surface area contributed by atoms with Crippen molar-refractivity contribution in [2.45, 2.75) is 13.8 Å². The summed E-state index contributed by atoms with van der Waals surface area (Å²) in [5.41, 5.74) is 4.40. The highest BCUT2D eigenvalue weighted by atomic mass is 79.9. The topological polar surface area (TPSA) is 81.7 Å². The molecule has 6 nitrogen and oxygen atoms in total. The van der Waals surface area contributed by atoms with Crippen molar-refractivity contribution in [1.82, 2.24) is 19.7 Å². The minimum atomic E-state index is 0.383. The molecule has 0 saturated carbocycles. The molecule has 0 spiro atoms. The fourth-order valence-corrected chi connectivity index (χ4v) is 2.90. The molecule has 3 N–H and O–H groups in total. The third-order valence-electron chi connectivity index (χ3n) is 2.84. The first-order chi connectivity index (χ1) is 9.11. The molecule has 3 rings (SSSR count). The Morgan fingerprint density at radius 3 is 2.79 bits per heavy atom. The summed E-state index contributed by atoms with van der Waals surface area (Å²) in [5.74, 6) is 6.53. The number of rotatable bonds is 2. The highest BCUT2D eigenvalue weighted by molar-refractivity contribution is 9.10. The number of hydrazine groups is 1. The van der Waals surface area contributed by atoms with E-state index in [9.17, 15) is 0 Å². The maximum Gasteiger partial charge on any atom is 0.240 e. The van der Waals surface area contributed by atoms with Gasteiger partial charge < -0.3 is 0 Å². The number of aryl methyl sites for hydroxylation is 1. The minimum absolute atomic E-state index is 0.383. The Balaban J connectivity index is 2.34. The molecule has 0 fully saturated rings. The summed E-state index contributed by atoms with van der Waals surface area (Å²) in [6.07, 6.45) is 0. The van der Waals surface area contributed by atoms with Gasteiger partial charge in [-0.05, 0) is 41.2 Å². The minimum Gasteiger partial charge on any atom is -0.292 e. The summed E-state index contributed by atoms with van der Waals surface area (Å²) in [7, 11) is 0. The molecule has 3 aromatic heterocycles. The molecule has 8 heteroatoms. The van der Waals surface area contributed by atoms with E-state index in [0.29, 0.717) is 5.95 Å². The second-order valence-electron chi connectivity index (χ2n) is 4.05. The summed E-state index contributed by atoms with van der Waals surface area (Å²) in [5, 5.41) is 7.44. The highest BCUT2D eigenvalue weighted by Gasteiger charge is 2.16. The number of anilines is 1. The zero-order valence-electron chi connectivity index (χ0n) is 10.3. The van der Waals surface area contributed by atoms with E-state index in [2.05, 4.69) is 36.4 Å². The first kappa shape index (κ1) is 12.5.